The highest BCUT2D eigenvalue weighted by Crippen LogP contribution is 2.22. The predicted molar refractivity (Wildman–Crippen MR) is 82.1 cm³/mol. The van der Waals surface area contributed by atoms with Crippen molar-refractivity contribution in [1.82, 2.24) is 4.90 Å². The maximum atomic E-state index is 10.2. The highest BCUT2D eigenvalue weighted by molar-refractivity contribution is 6.30. The first-order chi connectivity index (χ1) is 9.69. The van der Waals surface area contributed by atoms with Gasteiger partial charge in [0.25, 0.3) is 0 Å². The van der Waals surface area contributed by atoms with Gasteiger partial charge in [-0.15, -0.1) is 0 Å². The lowest BCUT2D eigenvalue weighted by Gasteiger charge is -2.32. The highest BCUT2D eigenvalue weighted by atomic mass is 35.5. The van der Waals surface area contributed by atoms with Crippen LogP contribution in [0.3, 0.4) is 0 Å². The number of benzene rings is 1. The monoisotopic (exact) mass is 297 g/mol. The zero-order chi connectivity index (χ0) is 14.4. The minimum Gasteiger partial charge on any atom is -0.388 e. The molecule has 1 heterocycles. The van der Waals surface area contributed by atoms with Crippen molar-refractivity contribution in [2.24, 2.45) is 5.92 Å². The Morgan fingerprint density at radius 3 is 3.10 bits per heavy atom. The standard InChI is InChI=1S/C16H24ClNO2/c1-20-12-13-4-3-8-18(11-13)9-7-16(19)14-5-2-6-15(17)10-14/h2,5-6,10,13,16,19H,3-4,7-9,11-12H2,1H3. The summed E-state index contributed by atoms with van der Waals surface area (Å²) in [6, 6.07) is 7.49. The summed E-state index contributed by atoms with van der Waals surface area (Å²) < 4.78 is 5.25. The summed E-state index contributed by atoms with van der Waals surface area (Å²) in [6.07, 6.45) is 2.79. The number of nitrogens with zero attached hydrogens (tertiary/aromatic N) is 1. The number of aliphatic hydroxyl groups is 1. The first-order valence-corrected chi connectivity index (χ1v) is 7.71. The van der Waals surface area contributed by atoms with Gasteiger partial charge < -0.3 is 14.7 Å². The molecule has 0 bridgehead atoms. The number of hydrogen-bond donors (Lipinski definition) is 1. The van der Waals surface area contributed by atoms with E-state index in [0.717, 1.165) is 38.2 Å². The molecule has 1 aliphatic heterocycles. The largest absolute Gasteiger partial charge is 0.388 e. The van der Waals surface area contributed by atoms with Crippen molar-refractivity contribution in [2.45, 2.75) is 25.4 Å². The van der Waals surface area contributed by atoms with Gasteiger partial charge in [-0.3, -0.25) is 0 Å². The van der Waals surface area contributed by atoms with Crippen molar-refractivity contribution >= 4 is 11.6 Å². The molecule has 3 nitrogen and oxygen atoms in total. The maximum absolute atomic E-state index is 10.2. The lowest BCUT2D eigenvalue weighted by molar-refractivity contribution is 0.0779. The molecule has 0 radical (unpaired) electrons. The van der Waals surface area contributed by atoms with Gasteiger partial charge in [0.1, 0.15) is 0 Å². The van der Waals surface area contributed by atoms with Crippen molar-refractivity contribution in [2.75, 3.05) is 33.4 Å². The topological polar surface area (TPSA) is 32.7 Å². The number of likely N-dealkylation sites (tertiary alicyclic amines) is 1. The van der Waals surface area contributed by atoms with Crippen molar-refractivity contribution in [3.63, 3.8) is 0 Å². The smallest absolute Gasteiger partial charge is 0.0802 e. The van der Waals surface area contributed by atoms with Crippen LogP contribution in [-0.4, -0.2) is 43.4 Å². The molecule has 1 aliphatic rings. The summed E-state index contributed by atoms with van der Waals surface area (Å²) in [4.78, 5) is 2.43. The van der Waals surface area contributed by atoms with Crippen molar-refractivity contribution in [3.05, 3.63) is 34.9 Å². The quantitative estimate of drug-likeness (QED) is 0.876. The Kier molecular flexibility index (Phi) is 6.30. The fraction of sp³-hybridized carbons (Fsp3) is 0.625. The van der Waals surface area contributed by atoms with E-state index in [1.165, 1.54) is 12.8 Å². The summed E-state index contributed by atoms with van der Waals surface area (Å²) in [5.41, 5.74) is 0.906. The molecule has 20 heavy (non-hydrogen) atoms. The molecule has 0 aromatic heterocycles. The lowest BCUT2D eigenvalue weighted by atomic mass is 9.98. The van der Waals surface area contributed by atoms with Crippen molar-refractivity contribution in [3.8, 4) is 0 Å². The molecule has 112 valence electrons. The Morgan fingerprint density at radius 1 is 1.50 bits per heavy atom. The number of piperidine rings is 1. The Bertz CT molecular complexity index is 411. The molecule has 1 aromatic rings. The summed E-state index contributed by atoms with van der Waals surface area (Å²) in [5.74, 6) is 0.636. The number of methoxy groups -OCH3 is 1. The van der Waals surface area contributed by atoms with E-state index in [4.69, 9.17) is 16.3 Å². The second-order valence-corrected chi connectivity index (χ2v) is 6.06. The first kappa shape index (κ1) is 15.8. The van der Waals surface area contributed by atoms with Crippen LogP contribution in [-0.2, 0) is 4.74 Å². The van der Waals surface area contributed by atoms with E-state index < -0.39 is 6.10 Å². The van der Waals surface area contributed by atoms with E-state index in [-0.39, 0.29) is 0 Å². The fourth-order valence-corrected chi connectivity index (χ4v) is 3.11. The maximum Gasteiger partial charge on any atom is 0.0802 e. The van der Waals surface area contributed by atoms with Crippen LogP contribution in [0, 0.1) is 5.92 Å². The Morgan fingerprint density at radius 2 is 2.35 bits per heavy atom. The Labute approximate surface area is 126 Å². The molecule has 4 heteroatoms. The highest BCUT2D eigenvalue weighted by Gasteiger charge is 2.20. The van der Waals surface area contributed by atoms with Crippen LogP contribution >= 0.6 is 11.6 Å². The van der Waals surface area contributed by atoms with Gasteiger partial charge in [0.05, 0.1) is 12.7 Å². The van der Waals surface area contributed by atoms with Gasteiger partial charge in [-0.05, 0) is 49.4 Å². The molecular weight excluding hydrogens is 274 g/mol. The molecule has 1 fully saturated rings. The van der Waals surface area contributed by atoms with E-state index in [1.54, 1.807) is 7.11 Å². The third-order valence-corrected chi connectivity index (χ3v) is 4.19. The van der Waals surface area contributed by atoms with Crippen LogP contribution in [0.4, 0.5) is 0 Å². The van der Waals surface area contributed by atoms with Crippen LogP contribution in [0.25, 0.3) is 0 Å². The summed E-state index contributed by atoms with van der Waals surface area (Å²) in [7, 11) is 1.77. The van der Waals surface area contributed by atoms with Crippen LogP contribution < -0.4 is 0 Å². The third kappa shape index (κ3) is 4.74. The van der Waals surface area contributed by atoms with Crippen LogP contribution in [0.5, 0.6) is 0 Å². The zero-order valence-electron chi connectivity index (χ0n) is 12.1. The van der Waals surface area contributed by atoms with Crippen molar-refractivity contribution < 1.29 is 9.84 Å². The van der Waals surface area contributed by atoms with Crippen molar-refractivity contribution in [1.29, 1.82) is 0 Å². The van der Waals surface area contributed by atoms with Crippen LogP contribution in [0.2, 0.25) is 5.02 Å². The van der Waals surface area contributed by atoms with Gasteiger partial charge >= 0.3 is 0 Å². The van der Waals surface area contributed by atoms with Crippen LogP contribution in [0.1, 0.15) is 30.9 Å². The first-order valence-electron chi connectivity index (χ1n) is 7.34. The second kappa shape index (κ2) is 7.99. The predicted octanol–water partition coefficient (Wildman–Crippen LogP) is 3.12. The molecular formula is C16H24ClNO2. The van der Waals surface area contributed by atoms with E-state index >= 15 is 0 Å². The third-order valence-electron chi connectivity index (χ3n) is 3.96. The number of ether oxygens (including phenoxy) is 1. The van der Waals surface area contributed by atoms with E-state index in [1.807, 2.05) is 24.3 Å². The Hall–Kier alpha value is -0.610. The molecule has 0 spiro atoms. The summed E-state index contributed by atoms with van der Waals surface area (Å²) in [6.45, 7) is 3.97. The van der Waals surface area contributed by atoms with Gasteiger partial charge in [-0.25, -0.2) is 0 Å². The van der Waals surface area contributed by atoms with Crippen LogP contribution in [0.15, 0.2) is 24.3 Å². The van der Waals surface area contributed by atoms with Gasteiger partial charge in [0.2, 0.25) is 0 Å². The molecule has 0 amide bonds. The number of hydrogen-bond acceptors (Lipinski definition) is 3. The molecule has 2 unspecified atom stereocenters. The number of aliphatic hydroxyl groups excluding tert-OH is 1. The summed E-state index contributed by atoms with van der Waals surface area (Å²) in [5, 5.41) is 10.9. The van der Waals surface area contributed by atoms with Gasteiger partial charge in [0.15, 0.2) is 0 Å². The molecule has 1 saturated heterocycles. The molecule has 2 atom stereocenters. The fourth-order valence-electron chi connectivity index (χ4n) is 2.91. The normalized spacial score (nSPS) is 21.9. The van der Waals surface area contributed by atoms with Gasteiger partial charge in [-0.2, -0.15) is 0 Å². The molecule has 0 saturated carbocycles. The average molecular weight is 298 g/mol. The lowest BCUT2D eigenvalue weighted by Crippen LogP contribution is -2.38. The zero-order valence-corrected chi connectivity index (χ0v) is 12.9. The van der Waals surface area contributed by atoms with E-state index in [2.05, 4.69) is 4.90 Å². The Balaban J connectivity index is 1.79. The molecule has 1 aromatic carbocycles. The SMILES string of the molecule is COCC1CCCN(CCC(O)c2cccc(Cl)c2)C1. The van der Waals surface area contributed by atoms with Gasteiger partial charge in [-0.1, -0.05) is 23.7 Å². The van der Waals surface area contributed by atoms with Gasteiger partial charge in [0, 0.05) is 25.2 Å². The number of halogens is 1. The second-order valence-electron chi connectivity index (χ2n) is 5.62. The summed E-state index contributed by atoms with van der Waals surface area (Å²) >= 11 is 5.96. The van der Waals surface area contributed by atoms with E-state index in [9.17, 15) is 5.11 Å². The number of rotatable bonds is 6. The molecule has 2 rings (SSSR count). The minimum atomic E-state index is -0.434. The molecule has 0 aliphatic carbocycles. The van der Waals surface area contributed by atoms with E-state index in [0.29, 0.717) is 10.9 Å². The average Bonchev–Trinajstić information content (AvgIpc) is 2.45. The minimum absolute atomic E-state index is 0.434. The molecule has 1 N–H and O–H groups in total.